The van der Waals surface area contributed by atoms with Gasteiger partial charge in [0.25, 0.3) is 0 Å². The van der Waals surface area contributed by atoms with E-state index in [-0.39, 0.29) is 31.0 Å². The van der Waals surface area contributed by atoms with Crippen LogP contribution >= 0.6 is 0 Å². The van der Waals surface area contributed by atoms with E-state index in [0.717, 1.165) is 0 Å². The molecule has 0 radical (unpaired) electrons. The Labute approximate surface area is 118 Å². The van der Waals surface area contributed by atoms with Gasteiger partial charge in [0.2, 0.25) is 0 Å². The number of aryl methyl sites for hydroxylation is 1. The van der Waals surface area contributed by atoms with Gasteiger partial charge in [0.05, 0.1) is 0 Å². The van der Waals surface area contributed by atoms with Gasteiger partial charge in [0.1, 0.15) is 0 Å². The molecule has 16 heavy (non-hydrogen) atoms. The summed E-state index contributed by atoms with van der Waals surface area (Å²) in [4.78, 5) is 4.20. The van der Waals surface area contributed by atoms with Crippen LogP contribution in [0.5, 0.6) is 0 Å². The molecular formula is C14H12NNa. The number of aromatic nitrogens is 1. The second-order valence-electron chi connectivity index (χ2n) is 3.84. The molecule has 0 N–H and O–H groups in total. The minimum atomic E-state index is 0. The molecule has 0 aliphatic carbocycles. The summed E-state index contributed by atoms with van der Waals surface area (Å²) in [6.07, 6.45) is 3.80. The van der Waals surface area contributed by atoms with E-state index in [0.29, 0.717) is 0 Å². The minimum Gasteiger partial charge on any atom is -1.00 e. The van der Waals surface area contributed by atoms with Crippen molar-refractivity contribution in [1.29, 1.82) is 0 Å². The molecule has 3 aromatic rings. The van der Waals surface area contributed by atoms with Crippen LogP contribution in [-0.2, 0) is 0 Å². The van der Waals surface area contributed by atoms with Gasteiger partial charge in [0.15, 0.2) is 0 Å². The molecule has 3 rings (SSSR count). The third kappa shape index (κ3) is 1.75. The molecule has 0 amide bonds. The summed E-state index contributed by atoms with van der Waals surface area (Å²) in [7, 11) is 0. The first-order valence-corrected chi connectivity index (χ1v) is 5.08. The molecule has 0 aliphatic rings. The number of pyridine rings is 1. The molecule has 0 spiro atoms. The molecule has 0 atom stereocenters. The van der Waals surface area contributed by atoms with Gasteiger partial charge in [-0.15, -0.1) is 0 Å². The molecule has 1 heterocycles. The first kappa shape index (κ1) is 11.6. The monoisotopic (exact) mass is 217 g/mol. The fraction of sp³-hybridized carbons (Fsp3) is 0.0714. The topological polar surface area (TPSA) is 12.9 Å². The Balaban J connectivity index is 0.000000722. The van der Waals surface area contributed by atoms with Crippen molar-refractivity contribution in [2.45, 2.75) is 6.92 Å². The standard InChI is InChI=1S/C14H11N.Na.H/c1-10-8-11-4-2-3-5-13(11)14-9-15-7-6-12(10)14;;/h2-9H,1H3;;/q;+1;-1. The zero-order valence-corrected chi connectivity index (χ0v) is 11.6. The van der Waals surface area contributed by atoms with Crippen LogP contribution in [0.4, 0.5) is 0 Å². The Hall–Kier alpha value is -0.890. The third-order valence-electron chi connectivity index (χ3n) is 2.87. The number of fused-ring (bicyclic) bond motifs is 3. The fourth-order valence-corrected chi connectivity index (χ4v) is 2.13. The molecule has 0 saturated carbocycles. The Morgan fingerprint density at radius 1 is 1.00 bits per heavy atom. The van der Waals surface area contributed by atoms with Crippen molar-refractivity contribution in [2.24, 2.45) is 0 Å². The maximum atomic E-state index is 4.20. The van der Waals surface area contributed by atoms with E-state index >= 15 is 0 Å². The molecule has 0 saturated heterocycles. The van der Waals surface area contributed by atoms with Crippen molar-refractivity contribution in [1.82, 2.24) is 4.98 Å². The number of nitrogens with zero attached hydrogens (tertiary/aromatic N) is 1. The van der Waals surface area contributed by atoms with Gasteiger partial charge < -0.3 is 1.43 Å². The van der Waals surface area contributed by atoms with E-state index in [1.54, 1.807) is 0 Å². The summed E-state index contributed by atoms with van der Waals surface area (Å²) >= 11 is 0. The first-order valence-electron chi connectivity index (χ1n) is 5.08. The van der Waals surface area contributed by atoms with Gasteiger partial charge in [-0.3, -0.25) is 4.98 Å². The molecule has 0 aliphatic heterocycles. The fourth-order valence-electron chi connectivity index (χ4n) is 2.13. The summed E-state index contributed by atoms with van der Waals surface area (Å²) in [5.74, 6) is 0. The summed E-state index contributed by atoms with van der Waals surface area (Å²) in [6.45, 7) is 2.15. The molecule has 1 aromatic heterocycles. The molecule has 0 fully saturated rings. The second-order valence-corrected chi connectivity index (χ2v) is 3.84. The SMILES string of the molecule is Cc1cc2ccccc2c2cnccc12.[H-].[Na+]. The van der Waals surface area contributed by atoms with Crippen LogP contribution < -0.4 is 29.6 Å². The van der Waals surface area contributed by atoms with Crippen LogP contribution in [0.15, 0.2) is 48.8 Å². The van der Waals surface area contributed by atoms with E-state index in [4.69, 9.17) is 0 Å². The van der Waals surface area contributed by atoms with E-state index < -0.39 is 0 Å². The summed E-state index contributed by atoms with van der Waals surface area (Å²) in [5.41, 5.74) is 1.31. The minimum absolute atomic E-state index is 0. The number of benzene rings is 2. The van der Waals surface area contributed by atoms with E-state index in [9.17, 15) is 0 Å². The number of hydrogen-bond donors (Lipinski definition) is 0. The quantitative estimate of drug-likeness (QED) is 0.401. The Kier molecular flexibility index (Phi) is 3.29. The van der Waals surface area contributed by atoms with Gasteiger partial charge in [-0.25, -0.2) is 0 Å². The molecule has 74 valence electrons. The van der Waals surface area contributed by atoms with Gasteiger partial charge in [0, 0.05) is 17.8 Å². The van der Waals surface area contributed by atoms with Crippen molar-refractivity contribution < 1.29 is 31.0 Å². The number of hydrogen-bond acceptors (Lipinski definition) is 1. The Bertz CT molecular complexity index is 652. The van der Waals surface area contributed by atoms with Crippen LogP contribution in [0.25, 0.3) is 21.5 Å². The van der Waals surface area contributed by atoms with Crippen LogP contribution in [0.1, 0.15) is 6.99 Å². The van der Waals surface area contributed by atoms with Crippen LogP contribution in [0.3, 0.4) is 0 Å². The molecular weight excluding hydrogens is 205 g/mol. The van der Waals surface area contributed by atoms with Crippen molar-refractivity contribution in [3.8, 4) is 0 Å². The molecule has 2 aromatic carbocycles. The second kappa shape index (κ2) is 4.54. The first-order chi connectivity index (χ1) is 7.36. The number of rotatable bonds is 0. The molecule has 0 bridgehead atoms. The summed E-state index contributed by atoms with van der Waals surface area (Å²) < 4.78 is 0. The third-order valence-corrected chi connectivity index (χ3v) is 2.87. The van der Waals surface area contributed by atoms with Crippen LogP contribution in [0, 0.1) is 6.92 Å². The van der Waals surface area contributed by atoms with E-state index in [1.807, 2.05) is 12.4 Å². The zero-order chi connectivity index (χ0) is 10.3. The largest absolute Gasteiger partial charge is 1.00 e. The van der Waals surface area contributed by atoms with Gasteiger partial charge in [-0.2, -0.15) is 0 Å². The molecule has 1 nitrogen and oxygen atoms in total. The summed E-state index contributed by atoms with van der Waals surface area (Å²) in [5, 5.41) is 5.11. The maximum Gasteiger partial charge on any atom is 1.00 e. The smallest absolute Gasteiger partial charge is 1.00 e. The van der Waals surface area contributed by atoms with E-state index in [1.165, 1.54) is 27.1 Å². The van der Waals surface area contributed by atoms with Crippen molar-refractivity contribution in [2.75, 3.05) is 0 Å². The van der Waals surface area contributed by atoms with Crippen molar-refractivity contribution in [3.05, 3.63) is 54.4 Å². The van der Waals surface area contributed by atoms with Gasteiger partial charge >= 0.3 is 29.6 Å². The van der Waals surface area contributed by atoms with Gasteiger partial charge in [-0.05, 0) is 34.7 Å². The Morgan fingerprint density at radius 2 is 1.81 bits per heavy atom. The van der Waals surface area contributed by atoms with Crippen LogP contribution in [0.2, 0.25) is 0 Å². The van der Waals surface area contributed by atoms with Crippen LogP contribution in [-0.4, -0.2) is 4.98 Å². The molecule has 0 unspecified atom stereocenters. The van der Waals surface area contributed by atoms with Crippen molar-refractivity contribution >= 4 is 21.5 Å². The summed E-state index contributed by atoms with van der Waals surface area (Å²) in [6, 6.07) is 12.8. The zero-order valence-electron chi connectivity index (χ0n) is 10.6. The maximum absolute atomic E-state index is 4.20. The molecule has 2 heteroatoms. The van der Waals surface area contributed by atoms with Gasteiger partial charge in [-0.1, -0.05) is 30.3 Å². The van der Waals surface area contributed by atoms with E-state index in [2.05, 4.69) is 48.3 Å². The predicted molar refractivity (Wildman–Crippen MR) is 65.1 cm³/mol. The predicted octanol–water partition coefficient (Wildman–Crippen LogP) is 0.813. The average Bonchev–Trinajstić information content (AvgIpc) is 2.30. The van der Waals surface area contributed by atoms with Crippen molar-refractivity contribution in [3.63, 3.8) is 0 Å². The average molecular weight is 217 g/mol. The normalized spacial score (nSPS) is 10.3. The Morgan fingerprint density at radius 3 is 2.69 bits per heavy atom.